The van der Waals surface area contributed by atoms with Crippen LogP contribution in [0.4, 0.5) is 4.79 Å². The van der Waals surface area contributed by atoms with Crippen molar-refractivity contribution in [1.82, 2.24) is 0 Å². The molecule has 0 radical (unpaired) electrons. The maximum absolute atomic E-state index is 9.60. The van der Waals surface area contributed by atoms with E-state index in [0.29, 0.717) is 6.61 Å². The van der Waals surface area contributed by atoms with E-state index in [1.165, 1.54) is 6.08 Å². The Kier molecular flexibility index (Phi) is 28.7. The number of amides is 1. The zero-order valence-corrected chi connectivity index (χ0v) is 8.40. The van der Waals surface area contributed by atoms with Gasteiger partial charge in [0, 0.05) is 6.08 Å². The van der Waals surface area contributed by atoms with E-state index in [9.17, 15) is 4.79 Å². The first kappa shape index (κ1) is 17.9. The number of nitriles is 1. The molecule has 0 saturated heterocycles. The van der Waals surface area contributed by atoms with Crippen LogP contribution in [0.3, 0.4) is 0 Å². The van der Waals surface area contributed by atoms with Gasteiger partial charge in [0.1, 0.15) is 0 Å². The van der Waals surface area contributed by atoms with Gasteiger partial charge in [-0.15, -0.1) is 0 Å². The first-order valence-corrected chi connectivity index (χ1v) is 3.76. The Morgan fingerprint density at radius 2 is 1.86 bits per heavy atom. The van der Waals surface area contributed by atoms with Crippen LogP contribution in [-0.4, -0.2) is 12.7 Å². The van der Waals surface area contributed by atoms with Gasteiger partial charge in [0.05, 0.1) is 12.7 Å². The van der Waals surface area contributed by atoms with Crippen LogP contribution in [0, 0.1) is 11.3 Å². The van der Waals surface area contributed by atoms with Crippen LogP contribution in [0.1, 0.15) is 6.92 Å². The van der Waals surface area contributed by atoms with Gasteiger partial charge in [0.2, 0.25) is 0 Å². The Labute approximate surface area is 85.0 Å². The van der Waals surface area contributed by atoms with Crippen molar-refractivity contribution in [2.45, 2.75) is 6.92 Å². The van der Waals surface area contributed by atoms with Gasteiger partial charge in [-0.1, -0.05) is 31.9 Å². The van der Waals surface area contributed by atoms with Gasteiger partial charge in [-0.05, 0) is 6.92 Å². The molecule has 78 valence electrons. The lowest BCUT2D eigenvalue weighted by molar-refractivity contribution is 0.163. The molecule has 4 nitrogen and oxygen atoms in total. The second-order valence-electron chi connectivity index (χ2n) is 1.56. The molecule has 0 aliphatic rings. The van der Waals surface area contributed by atoms with Crippen LogP contribution in [-0.2, 0) is 4.74 Å². The van der Waals surface area contributed by atoms with Crippen LogP contribution >= 0.6 is 0 Å². The van der Waals surface area contributed by atoms with Crippen molar-refractivity contribution in [3.05, 3.63) is 38.0 Å². The minimum Gasteiger partial charge on any atom is -0.450 e. The van der Waals surface area contributed by atoms with Crippen molar-refractivity contribution in [2.75, 3.05) is 6.61 Å². The molecule has 0 aromatic rings. The van der Waals surface area contributed by atoms with Gasteiger partial charge in [-0.25, -0.2) is 4.79 Å². The Hall–Kier alpha value is -2.02. The Morgan fingerprint density at radius 3 is 1.86 bits per heavy atom. The fourth-order valence-corrected chi connectivity index (χ4v) is 0.142. The van der Waals surface area contributed by atoms with E-state index in [1.807, 2.05) is 0 Å². The van der Waals surface area contributed by atoms with Crippen LogP contribution in [0.2, 0.25) is 0 Å². The van der Waals surface area contributed by atoms with Crippen molar-refractivity contribution in [2.24, 2.45) is 5.73 Å². The summed E-state index contributed by atoms with van der Waals surface area (Å²) in [6.07, 6.45) is 3.75. The predicted octanol–water partition coefficient (Wildman–Crippen LogP) is 2.16. The summed E-state index contributed by atoms with van der Waals surface area (Å²) in [5, 5.41) is 7.51. The predicted molar refractivity (Wildman–Crippen MR) is 57.4 cm³/mol. The molecule has 4 heteroatoms. The fourth-order valence-electron chi connectivity index (χ4n) is 0.142. The quantitative estimate of drug-likeness (QED) is 0.543. The third-order valence-electron chi connectivity index (χ3n) is 0.545. The van der Waals surface area contributed by atoms with E-state index in [-0.39, 0.29) is 0 Å². The highest BCUT2D eigenvalue weighted by Gasteiger charge is 1.82. The summed E-state index contributed by atoms with van der Waals surface area (Å²) in [7, 11) is 0. The number of ether oxygens (including phenoxy) is 1. The second kappa shape index (κ2) is 22.4. The molecule has 0 aliphatic heterocycles. The molecule has 0 aromatic carbocycles. The molecule has 0 aliphatic carbocycles. The van der Waals surface area contributed by atoms with Crippen molar-refractivity contribution in [1.29, 1.82) is 5.26 Å². The van der Waals surface area contributed by atoms with E-state index >= 15 is 0 Å². The highest BCUT2D eigenvalue weighted by atomic mass is 16.5. The summed E-state index contributed by atoms with van der Waals surface area (Å²) in [6.45, 7) is 11.9. The molecule has 0 heterocycles. The SMILES string of the molecule is C=CC#N.C=CC=C.CCOC(N)=O. The number of carbonyl (C=O) groups excluding carboxylic acids is 1. The third kappa shape index (κ3) is 90.6. The smallest absolute Gasteiger partial charge is 0.404 e. The van der Waals surface area contributed by atoms with Gasteiger partial charge < -0.3 is 10.5 Å². The molecule has 0 bridgehead atoms. The average molecular weight is 196 g/mol. The van der Waals surface area contributed by atoms with Crippen molar-refractivity contribution in [3.8, 4) is 6.07 Å². The summed E-state index contributed by atoms with van der Waals surface area (Å²) < 4.78 is 4.18. The summed E-state index contributed by atoms with van der Waals surface area (Å²) in [5.74, 6) is 0. The molecule has 0 atom stereocenters. The lowest BCUT2D eigenvalue weighted by atomic mass is 10.6. The molecule has 0 fully saturated rings. The number of primary amides is 1. The summed E-state index contributed by atoms with van der Waals surface area (Å²) >= 11 is 0. The minimum atomic E-state index is -0.711. The van der Waals surface area contributed by atoms with Gasteiger partial charge >= 0.3 is 6.09 Å². The van der Waals surface area contributed by atoms with Crippen LogP contribution in [0.15, 0.2) is 38.0 Å². The summed E-state index contributed by atoms with van der Waals surface area (Å²) in [4.78, 5) is 9.60. The topological polar surface area (TPSA) is 76.1 Å². The molecular weight excluding hydrogens is 180 g/mol. The Morgan fingerprint density at radius 1 is 1.50 bits per heavy atom. The van der Waals surface area contributed by atoms with E-state index in [1.54, 1.807) is 25.1 Å². The van der Waals surface area contributed by atoms with E-state index in [0.717, 1.165) is 0 Å². The van der Waals surface area contributed by atoms with Crippen LogP contribution in [0.25, 0.3) is 0 Å². The number of hydrogen-bond acceptors (Lipinski definition) is 3. The van der Waals surface area contributed by atoms with Crippen molar-refractivity contribution >= 4 is 6.09 Å². The molecule has 0 rings (SSSR count). The molecule has 0 aromatic heterocycles. The Bertz CT molecular complexity index is 199. The molecule has 14 heavy (non-hydrogen) atoms. The molecule has 0 saturated carbocycles. The zero-order chi connectivity index (χ0) is 11.8. The van der Waals surface area contributed by atoms with Crippen molar-refractivity contribution < 1.29 is 9.53 Å². The number of allylic oxidation sites excluding steroid dienone is 3. The summed E-state index contributed by atoms with van der Waals surface area (Å²) in [6, 6.07) is 1.69. The van der Waals surface area contributed by atoms with Gasteiger partial charge in [-0.2, -0.15) is 5.26 Å². The highest BCUT2D eigenvalue weighted by molar-refractivity contribution is 5.64. The number of carbonyl (C=O) groups is 1. The van der Waals surface area contributed by atoms with Crippen molar-refractivity contribution in [3.63, 3.8) is 0 Å². The first-order valence-electron chi connectivity index (χ1n) is 3.76. The molecule has 0 unspecified atom stereocenters. The van der Waals surface area contributed by atoms with E-state index in [4.69, 9.17) is 5.26 Å². The fraction of sp³-hybridized carbons (Fsp3) is 0.200. The largest absolute Gasteiger partial charge is 0.450 e. The second-order valence-corrected chi connectivity index (χ2v) is 1.56. The van der Waals surface area contributed by atoms with Gasteiger partial charge in [0.15, 0.2) is 0 Å². The van der Waals surface area contributed by atoms with Crippen LogP contribution in [0.5, 0.6) is 0 Å². The molecule has 1 amide bonds. The molecule has 2 N–H and O–H groups in total. The maximum atomic E-state index is 9.60. The van der Waals surface area contributed by atoms with Gasteiger partial charge in [-0.3, -0.25) is 0 Å². The minimum absolute atomic E-state index is 0.356. The lowest BCUT2D eigenvalue weighted by Crippen LogP contribution is -2.11. The molecule has 0 spiro atoms. The highest BCUT2D eigenvalue weighted by Crippen LogP contribution is 1.66. The third-order valence-corrected chi connectivity index (χ3v) is 0.545. The molecular formula is C10H16N2O2. The zero-order valence-electron chi connectivity index (χ0n) is 8.40. The van der Waals surface area contributed by atoms with Crippen LogP contribution < -0.4 is 5.73 Å². The monoisotopic (exact) mass is 196 g/mol. The lowest BCUT2D eigenvalue weighted by Gasteiger charge is -1.89. The average Bonchev–Trinajstić information content (AvgIpc) is 2.18. The standard InChI is InChI=1S/C4H6.C3H7NO2.C3H3N/c1-3-4-2;1-2-6-3(4)5;1-2-3-4/h3-4H,1-2H2;2H2,1H3,(H2,4,5);2H,1H2. The number of rotatable bonds is 2. The van der Waals surface area contributed by atoms with Gasteiger partial charge in [0.25, 0.3) is 0 Å². The summed E-state index contributed by atoms with van der Waals surface area (Å²) in [5.41, 5.74) is 4.54. The maximum Gasteiger partial charge on any atom is 0.404 e. The normalized spacial score (nSPS) is 5.71. The van der Waals surface area contributed by atoms with E-state index < -0.39 is 6.09 Å². The first-order chi connectivity index (χ1) is 6.60. The Balaban J connectivity index is -0.000000135. The van der Waals surface area contributed by atoms with E-state index in [2.05, 4.69) is 30.2 Å². The number of nitrogens with zero attached hydrogens (tertiary/aromatic N) is 1. The number of hydrogen-bond donors (Lipinski definition) is 1. The number of nitrogens with two attached hydrogens (primary N) is 1.